The molecule has 146 valence electrons. The highest BCUT2D eigenvalue weighted by Crippen LogP contribution is 2.28. The number of anilines is 1. The lowest BCUT2D eigenvalue weighted by atomic mass is 10.2. The van der Waals surface area contributed by atoms with E-state index in [0.717, 1.165) is 28.5 Å². The van der Waals surface area contributed by atoms with Gasteiger partial charge < -0.3 is 5.32 Å². The maximum Gasteiger partial charge on any atom is 0.237 e. The minimum atomic E-state index is -0.351. The summed E-state index contributed by atoms with van der Waals surface area (Å²) in [4.78, 5) is 12.7. The number of aryl methyl sites for hydroxylation is 2. The second-order valence-corrected chi connectivity index (χ2v) is 7.80. The summed E-state index contributed by atoms with van der Waals surface area (Å²) in [7, 11) is 1.86. The van der Waals surface area contributed by atoms with Gasteiger partial charge >= 0.3 is 0 Å². The molecule has 1 unspecified atom stereocenters. The van der Waals surface area contributed by atoms with Crippen molar-refractivity contribution in [2.24, 2.45) is 7.05 Å². The molecule has 3 aromatic rings. The maximum absolute atomic E-state index is 12.7. The topological polar surface area (TPSA) is 77.6 Å². The van der Waals surface area contributed by atoms with Gasteiger partial charge in [-0.3, -0.25) is 14.0 Å². The summed E-state index contributed by atoms with van der Waals surface area (Å²) >= 11 is 1.37. The van der Waals surface area contributed by atoms with Crippen molar-refractivity contribution in [3.05, 3.63) is 54.4 Å². The van der Waals surface area contributed by atoms with Crippen LogP contribution in [-0.2, 0) is 18.4 Å². The van der Waals surface area contributed by atoms with E-state index in [2.05, 4.69) is 27.2 Å². The number of benzene rings is 1. The van der Waals surface area contributed by atoms with Gasteiger partial charge in [0.15, 0.2) is 11.0 Å². The standard InChI is InChI=1S/C20H24N6OS/c1-6-12-26-18(16-10-8-7-9-11-16)22-23-20(26)28-15(4)19(27)21-17-13(2)24-25(5)14(17)3/h6-11,15H,1,12H2,2-5H3,(H,21,27). The number of aromatic nitrogens is 5. The molecule has 0 aliphatic carbocycles. The van der Waals surface area contributed by atoms with Gasteiger partial charge in [-0.2, -0.15) is 5.10 Å². The molecule has 1 N–H and O–H groups in total. The smallest absolute Gasteiger partial charge is 0.237 e. The number of hydrogen-bond acceptors (Lipinski definition) is 5. The molecular formula is C20H24N6OS. The number of rotatable bonds is 7. The zero-order chi connectivity index (χ0) is 20.3. The minimum Gasteiger partial charge on any atom is -0.322 e. The molecule has 0 aliphatic rings. The van der Waals surface area contributed by atoms with Crippen LogP contribution in [0.4, 0.5) is 5.69 Å². The van der Waals surface area contributed by atoms with Crippen LogP contribution in [0.1, 0.15) is 18.3 Å². The van der Waals surface area contributed by atoms with E-state index in [1.807, 2.05) is 62.7 Å². The molecule has 2 heterocycles. The van der Waals surface area contributed by atoms with Gasteiger partial charge in [0.25, 0.3) is 0 Å². The number of nitrogens with zero attached hydrogens (tertiary/aromatic N) is 5. The Kier molecular flexibility index (Phi) is 5.99. The summed E-state index contributed by atoms with van der Waals surface area (Å²) in [6.07, 6.45) is 1.80. The van der Waals surface area contributed by atoms with Crippen LogP contribution in [0.25, 0.3) is 11.4 Å². The summed E-state index contributed by atoms with van der Waals surface area (Å²) in [6.45, 7) is 10.1. The molecule has 0 saturated carbocycles. The van der Waals surface area contributed by atoms with Gasteiger partial charge in [-0.15, -0.1) is 16.8 Å². The third-order valence-electron chi connectivity index (χ3n) is 4.47. The highest BCUT2D eigenvalue weighted by molar-refractivity contribution is 8.00. The summed E-state index contributed by atoms with van der Waals surface area (Å²) < 4.78 is 3.73. The van der Waals surface area contributed by atoms with Crippen LogP contribution in [0.15, 0.2) is 48.1 Å². The molecule has 2 aromatic heterocycles. The fraction of sp³-hybridized carbons (Fsp3) is 0.300. The summed E-state index contributed by atoms with van der Waals surface area (Å²) in [6, 6.07) is 9.86. The number of carbonyl (C=O) groups is 1. The van der Waals surface area contributed by atoms with Crippen molar-refractivity contribution in [3.63, 3.8) is 0 Å². The lowest BCUT2D eigenvalue weighted by Crippen LogP contribution is -2.23. The molecular weight excluding hydrogens is 372 g/mol. The molecule has 7 nitrogen and oxygen atoms in total. The summed E-state index contributed by atoms with van der Waals surface area (Å²) in [5.74, 6) is 0.660. The van der Waals surface area contributed by atoms with Gasteiger partial charge in [0.05, 0.1) is 22.3 Å². The average molecular weight is 397 g/mol. The van der Waals surface area contributed by atoms with E-state index in [4.69, 9.17) is 0 Å². The molecule has 3 rings (SSSR count). The second-order valence-electron chi connectivity index (χ2n) is 6.49. The Morgan fingerprint density at radius 3 is 2.61 bits per heavy atom. The fourth-order valence-corrected chi connectivity index (χ4v) is 3.72. The Morgan fingerprint density at radius 1 is 1.29 bits per heavy atom. The quantitative estimate of drug-likeness (QED) is 0.488. The number of carbonyl (C=O) groups excluding carboxylic acids is 1. The van der Waals surface area contributed by atoms with Crippen LogP contribution in [-0.4, -0.2) is 35.7 Å². The lowest BCUT2D eigenvalue weighted by molar-refractivity contribution is -0.115. The van der Waals surface area contributed by atoms with Crippen LogP contribution < -0.4 is 5.32 Å². The second kappa shape index (κ2) is 8.43. The van der Waals surface area contributed by atoms with Crippen molar-refractivity contribution in [2.75, 3.05) is 5.32 Å². The highest BCUT2D eigenvalue weighted by atomic mass is 32.2. The van der Waals surface area contributed by atoms with E-state index < -0.39 is 0 Å². The first-order valence-corrected chi connectivity index (χ1v) is 9.87. The van der Waals surface area contributed by atoms with Gasteiger partial charge in [0.2, 0.25) is 5.91 Å². The first kappa shape index (κ1) is 19.9. The number of thioether (sulfide) groups is 1. The third kappa shape index (κ3) is 4.01. The fourth-order valence-electron chi connectivity index (χ4n) is 2.86. The molecule has 1 aromatic carbocycles. The first-order valence-electron chi connectivity index (χ1n) is 8.99. The van der Waals surface area contributed by atoms with Gasteiger partial charge in [0.1, 0.15) is 0 Å². The number of amides is 1. The van der Waals surface area contributed by atoms with Crippen LogP contribution in [0.2, 0.25) is 0 Å². The van der Waals surface area contributed by atoms with Crippen LogP contribution in [0.5, 0.6) is 0 Å². The first-order chi connectivity index (χ1) is 13.4. The monoisotopic (exact) mass is 396 g/mol. The Hall–Kier alpha value is -2.87. The SMILES string of the molecule is C=CCn1c(SC(C)C(=O)Nc2c(C)nn(C)c2C)nnc1-c1ccccc1. The van der Waals surface area contributed by atoms with Crippen molar-refractivity contribution in [1.82, 2.24) is 24.5 Å². The summed E-state index contributed by atoms with van der Waals surface area (Å²) in [5, 5.41) is 16.3. The normalized spacial score (nSPS) is 12.0. The Labute approximate surface area is 168 Å². The average Bonchev–Trinajstić information content (AvgIpc) is 3.18. The molecule has 1 atom stereocenters. The maximum atomic E-state index is 12.7. The Balaban J connectivity index is 1.80. The number of allylic oxidation sites excluding steroid dienone is 1. The van der Waals surface area contributed by atoms with Gasteiger partial charge in [-0.25, -0.2) is 0 Å². The minimum absolute atomic E-state index is 0.0985. The van der Waals surface area contributed by atoms with Crippen LogP contribution >= 0.6 is 11.8 Å². The molecule has 0 radical (unpaired) electrons. The van der Waals surface area contributed by atoms with E-state index in [1.54, 1.807) is 10.8 Å². The molecule has 0 bridgehead atoms. The van der Waals surface area contributed by atoms with Crippen LogP contribution in [0.3, 0.4) is 0 Å². The van der Waals surface area contributed by atoms with E-state index in [-0.39, 0.29) is 11.2 Å². The molecule has 8 heteroatoms. The Bertz CT molecular complexity index is 992. The van der Waals surface area contributed by atoms with Crippen molar-refractivity contribution < 1.29 is 4.79 Å². The zero-order valence-corrected chi connectivity index (χ0v) is 17.3. The van der Waals surface area contributed by atoms with Crippen molar-refractivity contribution in [3.8, 4) is 11.4 Å². The molecule has 1 amide bonds. The predicted octanol–water partition coefficient (Wildman–Crippen LogP) is 3.60. The molecule has 28 heavy (non-hydrogen) atoms. The molecule has 0 fully saturated rings. The lowest BCUT2D eigenvalue weighted by Gasteiger charge is -2.13. The van der Waals surface area contributed by atoms with E-state index in [1.165, 1.54) is 11.8 Å². The highest BCUT2D eigenvalue weighted by Gasteiger charge is 2.22. The number of nitrogens with one attached hydrogen (secondary N) is 1. The zero-order valence-electron chi connectivity index (χ0n) is 16.5. The van der Waals surface area contributed by atoms with E-state index in [9.17, 15) is 4.79 Å². The Morgan fingerprint density at radius 2 is 2.00 bits per heavy atom. The third-order valence-corrected chi connectivity index (χ3v) is 5.55. The van der Waals surface area contributed by atoms with Gasteiger partial charge in [-0.05, 0) is 20.8 Å². The van der Waals surface area contributed by atoms with E-state index >= 15 is 0 Å². The molecule has 0 aliphatic heterocycles. The van der Waals surface area contributed by atoms with Crippen molar-refractivity contribution in [1.29, 1.82) is 0 Å². The largest absolute Gasteiger partial charge is 0.322 e. The molecule has 0 spiro atoms. The van der Waals surface area contributed by atoms with Gasteiger partial charge in [-0.1, -0.05) is 48.2 Å². The van der Waals surface area contributed by atoms with Crippen molar-refractivity contribution in [2.45, 2.75) is 37.7 Å². The predicted molar refractivity (Wildman–Crippen MR) is 112 cm³/mol. The van der Waals surface area contributed by atoms with E-state index in [0.29, 0.717) is 11.7 Å². The van der Waals surface area contributed by atoms with Crippen molar-refractivity contribution >= 4 is 23.4 Å². The summed E-state index contributed by atoms with van der Waals surface area (Å²) in [5.41, 5.74) is 3.45. The van der Waals surface area contributed by atoms with Gasteiger partial charge in [0, 0.05) is 19.2 Å². The van der Waals surface area contributed by atoms with Crippen LogP contribution in [0, 0.1) is 13.8 Å². The molecule has 0 saturated heterocycles. The number of hydrogen-bond donors (Lipinski definition) is 1.